The number of nitriles is 1. The van der Waals surface area contributed by atoms with Gasteiger partial charge >= 0.3 is 0 Å². The maximum atomic E-state index is 12.2. The van der Waals surface area contributed by atoms with Gasteiger partial charge in [-0.2, -0.15) is 9.57 Å². The van der Waals surface area contributed by atoms with E-state index in [-0.39, 0.29) is 10.9 Å². The van der Waals surface area contributed by atoms with Crippen LogP contribution in [0.3, 0.4) is 0 Å². The molecule has 4 nitrogen and oxygen atoms in total. The average molecular weight is 252 g/mol. The molecule has 5 heteroatoms. The van der Waals surface area contributed by atoms with Gasteiger partial charge < -0.3 is 0 Å². The van der Waals surface area contributed by atoms with E-state index in [1.807, 2.05) is 19.9 Å². The molecule has 92 valence electrons. The van der Waals surface area contributed by atoms with Crippen LogP contribution in [0.1, 0.15) is 25.8 Å². The second-order valence-corrected chi connectivity index (χ2v) is 5.91. The molecule has 1 rings (SSSR count). The minimum absolute atomic E-state index is 0.0457. The lowest BCUT2D eigenvalue weighted by atomic mass is 10.2. The summed E-state index contributed by atoms with van der Waals surface area (Å²) in [6.07, 6.45) is 0.756. The summed E-state index contributed by atoms with van der Waals surface area (Å²) in [6.45, 7) is 3.80. The zero-order valence-corrected chi connectivity index (χ0v) is 11.0. The molecule has 0 aromatic heterocycles. The van der Waals surface area contributed by atoms with Crippen molar-refractivity contribution < 1.29 is 8.42 Å². The Labute approximate surface area is 103 Å². The highest BCUT2D eigenvalue weighted by atomic mass is 32.2. The summed E-state index contributed by atoms with van der Waals surface area (Å²) in [5.74, 6) is 0. The van der Waals surface area contributed by atoms with Crippen LogP contribution in [0.15, 0.2) is 29.2 Å². The number of sulfonamides is 1. The van der Waals surface area contributed by atoms with Crippen molar-refractivity contribution in [1.82, 2.24) is 4.31 Å². The number of nitrogens with zero attached hydrogens (tertiary/aromatic N) is 2. The summed E-state index contributed by atoms with van der Waals surface area (Å²) in [5, 5.41) is 8.66. The Balaban J connectivity index is 3.09. The molecule has 0 aliphatic carbocycles. The SMILES string of the molecule is CCC(C)N(C)S(=O)(=O)c1ccc(C#N)cc1. The third-order valence-corrected chi connectivity index (χ3v) is 4.86. The van der Waals surface area contributed by atoms with Crippen LogP contribution in [0.5, 0.6) is 0 Å². The van der Waals surface area contributed by atoms with Gasteiger partial charge in [0.2, 0.25) is 10.0 Å². The topological polar surface area (TPSA) is 61.2 Å². The molecule has 0 spiro atoms. The molecule has 0 saturated heterocycles. The van der Waals surface area contributed by atoms with Gasteiger partial charge in [0, 0.05) is 13.1 Å². The molecule has 1 aromatic carbocycles. The van der Waals surface area contributed by atoms with E-state index in [9.17, 15) is 8.42 Å². The summed E-state index contributed by atoms with van der Waals surface area (Å²) in [4.78, 5) is 0.222. The minimum Gasteiger partial charge on any atom is -0.207 e. The first kappa shape index (κ1) is 13.7. The maximum absolute atomic E-state index is 12.2. The van der Waals surface area contributed by atoms with E-state index in [2.05, 4.69) is 0 Å². The largest absolute Gasteiger partial charge is 0.243 e. The van der Waals surface area contributed by atoms with E-state index in [1.54, 1.807) is 7.05 Å². The summed E-state index contributed by atoms with van der Waals surface area (Å²) in [6, 6.07) is 7.87. The lowest BCUT2D eigenvalue weighted by molar-refractivity contribution is 0.380. The predicted molar refractivity (Wildman–Crippen MR) is 65.9 cm³/mol. The van der Waals surface area contributed by atoms with Crippen molar-refractivity contribution in [2.75, 3.05) is 7.05 Å². The molecular weight excluding hydrogens is 236 g/mol. The lowest BCUT2D eigenvalue weighted by Gasteiger charge is -2.23. The average Bonchev–Trinajstić information content (AvgIpc) is 2.36. The molecule has 1 atom stereocenters. The van der Waals surface area contributed by atoms with Gasteiger partial charge in [-0.25, -0.2) is 8.42 Å². The quantitative estimate of drug-likeness (QED) is 0.823. The molecule has 0 aliphatic heterocycles. The molecule has 0 bridgehead atoms. The highest BCUT2D eigenvalue weighted by Crippen LogP contribution is 2.18. The standard InChI is InChI=1S/C12H16N2O2S/c1-4-10(2)14(3)17(15,16)12-7-5-11(9-13)6-8-12/h5-8,10H,4H2,1-3H3. The molecule has 17 heavy (non-hydrogen) atoms. The van der Waals surface area contributed by atoms with E-state index >= 15 is 0 Å². The first-order valence-electron chi connectivity index (χ1n) is 5.41. The van der Waals surface area contributed by atoms with Crippen LogP contribution < -0.4 is 0 Å². The Morgan fingerprint density at radius 2 is 1.88 bits per heavy atom. The van der Waals surface area contributed by atoms with Crippen LogP contribution in [0, 0.1) is 11.3 Å². The van der Waals surface area contributed by atoms with Crippen molar-refractivity contribution in [3.05, 3.63) is 29.8 Å². The Morgan fingerprint density at radius 1 is 1.35 bits per heavy atom. The summed E-state index contributed by atoms with van der Waals surface area (Å²) in [7, 11) is -1.88. The maximum Gasteiger partial charge on any atom is 0.243 e. The fourth-order valence-electron chi connectivity index (χ4n) is 1.36. The van der Waals surface area contributed by atoms with Crippen LogP contribution in [0.25, 0.3) is 0 Å². The fourth-order valence-corrected chi connectivity index (χ4v) is 2.80. The van der Waals surface area contributed by atoms with Crippen LogP contribution >= 0.6 is 0 Å². The van der Waals surface area contributed by atoms with E-state index in [0.717, 1.165) is 6.42 Å². The van der Waals surface area contributed by atoms with Gasteiger partial charge in [-0.1, -0.05) is 6.92 Å². The Kier molecular flexibility index (Phi) is 4.27. The fraction of sp³-hybridized carbons (Fsp3) is 0.417. The van der Waals surface area contributed by atoms with E-state index in [1.165, 1.54) is 28.6 Å². The molecule has 0 amide bonds. The second kappa shape index (κ2) is 5.30. The van der Waals surface area contributed by atoms with Gasteiger partial charge in [0.05, 0.1) is 16.5 Å². The number of hydrogen-bond donors (Lipinski definition) is 0. The van der Waals surface area contributed by atoms with Crippen LogP contribution in [-0.4, -0.2) is 25.8 Å². The van der Waals surface area contributed by atoms with Crippen LogP contribution in [0.4, 0.5) is 0 Å². The number of rotatable bonds is 4. The molecular formula is C12H16N2O2S. The molecule has 0 N–H and O–H groups in total. The van der Waals surface area contributed by atoms with E-state index in [4.69, 9.17) is 5.26 Å². The number of benzene rings is 1. The Morgan fingerprint density at radius 3 is 2.29 bits per heavy atom. The van der Waals surface area contributed by atoms with Gasteiger partial charge in [0.25, 0.3) is 0 Å². The molecule has 0 saturated carbocycles. The van der Waals surface area contributed by atoms with Gasteiger partial charge in [-0.15, -0.1) is 0 Å². The third kappa shape index (κ3) is 2.84. The molecule has 0 radical (unpaired) electrons. The van der Waals surface area contributed by atoms with Crippen molar-refractivity contribution in [2.24, 2.45) is 0 Å². The van der Waals surface area contributed by atoms with Gasteiger partial charge in [0.15, 0.2) is 0 Å². The first-order chi connectivity index (χ1) is 7.93. The first-order valence-corrected chi connectivity index (χ1v) is 6.85. The molecule has 1 unspecified atom stereocenters. The van der Waals surface area contributed by atoms with Crippen molar-refractivity contribution >= 4 is 10.0 Å². The second-order valence-electron chi connectivity index (χ2n) is 3.91. The Bertz CT molecular complexity index is 514. The minimum atomic E-state index is -3.45. The molecule has 0 fully saturated rings. The monoisotopic (exact) mass is 252 g/mol. The Hall–Kier alpha value is -1.38. The predicted octanol–water partition coefficient (Wildman–Crippen LogP) is 1.98. The highest BCUT2D eigenvalue weighted by molar-refractivity contribution is 7.89. The third-order valence-electron chi connectivity index (χ3n) is 2.87. The zero-order chi connectivity index (χ0) is 13.1. The van der Waals surface area contributed by atoms with Crippen molar-refractivity contribution in [1.29, 1.82) is 5.26 Å². The van der Waals surface area contributed by atoms with E-state index < -0.39 is 10.0 Å². The summed E-state index contributed by atoms with van der Waals surface area (Å²) in [5.41, 5.74) is 0.454. The van der Waals surface area contributed by atoms with Gasteiger partial charge in [-0.05, 0) is 37.6 Å². The lowest BCUT2D eigenvalue weighted by Crippen LogP contribution is -2.34. The van der Waals surface area contributed by atoms with Gasteiger partial charge in [0.1, 0.15) is 0 Å². The van der Waals surface area contributed by atoms with Crippen LogP contribution in [0.2, 0.25) is 0 Å². The zero-order valence-electron chi connectivity index (χ0n) is 10.2. The summed E-state index contributed by atoms with van der Waals surface area (Å²) >= 11 is 0. The molecule has 1 aromatic rings. The smallest absolute Gasteiger partial charge is 0.207 e. The normalized spacial score (nSPS) is 13.4. The molecule has 0 heterocycles. The number of hydrogen-bond acceptors (Lipinski definition) is 3. The summed E-state index contributed by atoms with van der Waals surface area (Å²) < 4.78 is 25.7. The highest BCUT2D eigenvalue weighted by Gasteiger charge is 2.24. The van der Waals surface area contributed by atoms with E-state index in [0.29, 0.717) is 5.56 Å². The van der Waals surface area contributed by atoms with Crippen molar-refractivity contribution in [3.63, 3.8) is 0 Å². The van der Waals surface area contributed by atoms with Gasteiger partial charge in [-0.3, -0.25) is 0 Å². The van der Waals surface area contributed by atoms with Crippen molar-refractivity contribution in [3.8, 4) is 6.07 Å². The molecule has 0 aliphatic rings. The van der Waals surface area contributed by atoms with Crippen molar-refractivity contribution in [2.45, 2.75) is 31.2 Å². The van der Waals surface area contributed by atoms with Crippen LogP contribution in [-0.2, 0) is 10.0 Å².